The summed E-state index contributed by atoms with van der Waals surface area (Å²) in [6.07, 6.45) is 0.571. The van der Waals surface area contributed by atoms with E-state index in [1.807, 2.05) is 0 Å². The third kappa shape index (κ3) is 3.57. The Morgan fingerprint density at radius 3 is 2.39 bits per heavy atom. The first kappa shape index (κ1) is 14.7. The number of rotatable bonds is 3. The van der Waals surface area contributed by atoms with E-state index in [-0.39, 0.29) is 17.8 Å². The fourth-order valence-corrected chi connectivity index (χ4v) is 1.91. The van der Waals surface area contributed by atoms with Gasteiger partial charge >= 0.3 is 6.09 Å². The monoisotopic (exact) mass is 255 g/mol. The maximum Gasteiger partial charge on any atom is 0.410 e. The first-order valence-electron chi connectivity index (χ1n) is 5.95. The van der Waals surface area contributed by atoms with E-state index in [2.05, 4.69) is 6.58 Å². The van der Waals surface area contributed by atoms with Crippen LogP contribution in [0.5, 0.6) is 0 Å². The van der Waals surface area contributed by atoms with Crippen molar-refractivity contribution < 1.29 is 19.1 Å². The number of amides is 1. The van der Waals surface area contributed by atoms with Crippen molar-refractivity contribution >= 4 is 11.9 Å². The maximum atomic E-state index is 11.9. The van der Waals surface area contributed by atoms with Gasteiger partial charge in [0.15, 0.2) is 5.78 Å². The highest BCUT2D eigenvalue weighted by molar-refractivity contribution is 5.92. The molecule has 5 nitrogen and oxygen atoms in total. The van der Waals surface area contributed by atoms with Gasteiger partial charge in [-0.05, 0) is 26.8 Å². The normalized spacial score (nSPS) is 23.9. The zero-order chi connectivity index (χ0) is 13.9. The summed E-state index contributed by atoms with van der Waals surface area (Å²) in [5, 5.41) is 0. The predicted molar refractivity (Wildman–Crippen MR) is 67.3 cm³/mol. The van der Waals surface area contributed by atoms with Crippen LogP contribution in [0.1, 0.15) is 20.8 Å². The lowest BCUT2D eigenvalue weighted by atomic mass is 10.0. The Bertz CT molecular complexity index is 345. The van der Waals surface area contributed by atoms with E-state index < -0.39 is 11.7 Å². The van der Waals surface area contributed by atoms with Gasteiger partial charge in [-0.15, -0.1) is 0 Å². The van der Waals surface area contributed by atoms with Gasteiger partial charge in [-0.25, -0.2) is 4.79 Å². The molecule has 1 aliphatic rings. The fourth-order valence-electron chi connectivity index (χ4n) is 1.91. The molecule has 0 aromatic heterocycles. The second-order valence-corrected chi connectivity index (χ2v) is 5.37. The second-order valence-electron chi connectivity index (χ2n) is 5.37. The molecule has 0 aliphatic carbocycles. The molecular weight excluding hydrogens is 234 g/mol. The fraction of sp³-hybridized carbons (Fsp3) is 0.692. The summed E-state index contributed by atoms with van der Waals surface area (Å²) in [4.78, 5) is 25.1. The highest BCUT2D eigenvalue weighted by Gasteiger charge is 2.40. The first-order valence-corrected chi connectivity index (χ1v) is 5.95. The third-order valence-electron chi connectivity index (χ3n) is 2.79. The molecule has 0 N–H and O–H groups in total. The standard InChI is InChI=1S/C13H21NO4/c1-6-10(15)9-7-14(8-11(9)17-5)12(16)18-13(2,3)4/h6,9,11H,1,7-8H2,2-5H3. The Morgan fingerprint density at radius 1 is 1.33 bits per heavy atom. The summed E-state index contributed by atoms with van der Waals surface area (Å²) >= 11 is 0. The Kier molecular flexibility index (Phi) is 4.51. The largest absolute Gasteiger partial charge is 0.444 e. The molecule has 102 valence electrons. The number of carbonyl (C=O) groups is 2. The van der Waals surface area contributed by atoms with Crippen molar-refractivity contribution in [3.63, 3.8) is 0 Å². The van der Waals surface area contributed by atoms with Gasteiger partial charge in [-0.3, -0.25) is 4.79 Å². The number of hydrogen-bond acceptors (Lipinski definition) is 4. The molecule has 5 heteroatoms. The summed E-state index contributed by atoms with van der Waals surface area (Å²) < 4.78 is 10.5. The molecule has 0 saturated carbocycles. The van der Waals surface area contributed by atoms with E-state index in [0.29, 0.717) is 13.1 Å². The number of carbonyl (C=O) groups excluding carboxylic acids is 2. The molecule has 0 bridgehead atoms. The molecule has 0 radical (unpaired) electrons. The van der Waals surface area contributed by atoms with Crippen molar-refractivity contribution in [1.82, 2.24) is 4.90 Å². The SMILES string of the molecule is C=CC(=O)C1CN(C(=O)OC(C)(C)C)CC1OC. The highest BCUT2D eigenvalue weighted by atomic mass is 16.6. The lowest BCUT2D eigenvalue weighted by Crippen LogP contribution is -2.36. The van der Waals surface area contributed by atoms with Crippen LogP contribution in [0.4, 0.5) is 4.79 Å². The number of ketones is 1. The van der Waals surface area contributed by atoms with E-state index in [9.17, 15) is 9.59 Å². The van der Waals surface area contributed by atoms with Crippen LogP contribution >= 0.6 is 0 Å². The number of hydrogen-bond donors (Lipinski definition) is 0. The van der Waals surface area contributed by atoms with E-state index in [0.717, 1.165) is 0 Å². The third-order valence-corrected chi connectivity index (χ3v) is 2.79. The van der Waals surface area contributed by atoms with Gasteiger partial charge in [-0.2, -0.15) is 0 Å². The zero-order valence-corrected chi connectivity index (χ0v) is 11.4. The molecule has 1 fully saturated rings. The summed E-state index contributed by atoms with van der Waals surface area (Å²) in [6, 6.07) is 0. The average Bonchev–Trinajstić information content (AvgIpc) is 2.69. The van der Waals surface area contributed by atoms with Crippen LogP contribution in [0, 0.1) is 5.92 Å². The zero-order valence-electron chi connectivity index (χ0n) is 11.4. The van der Waals surface area contributed by atoms with Crippen LogP contribution in [0.2, 0.25) is 0 Å². The Balaban J connectivity index is 2.69. The second kappa shape index (κ2) is 5.52. The van der Waals surface area contributed by atoms with Gasteiger partial charge in [0.1, 0.15) is 5.60 Å². The van der Waals surface area contributed by atoms with Crippen LogP contribution in [-0.2, 0) is 14.3 Å². The Hall–Kier alpha value is -1.36. The number of methoxy groups -OCH3 is 1. The molecule has 2 unspecified atom stereocenters. The molecule has 0 aromatic carbocycles. The molecule has 1 amide bonds. The van der Waals surface area contributed by atoms with Crippen LogP contribution < -0.4 is 0 Å². The van der Waals surface area contributed by atoms with Gasteiger partial charge in [0.25, 0.3) is 0 Å². The van der Waals surface area contributed by atoms with Crippen molar-refractivity contribution in [2.45, 2.75) is 32.5 Å². The van der Waals surface area contributed by atoms with Crippen LogP contribution in [0.25, 0.3) is 0 Å². The first-order chi connectivity index (χ1) is 8.28. The highest BCUT2D eigenvalue weighted by Crippen LogP contribution is 2.23. The minimum atomic E-state index is -0.541. The lowest BCUT2D eigenvalue weighted by Gasteiger charge is -2.24. The molecular formula is C13H21NO4. The van der Waals surface area contributed by atoms with E-state index in [1.165, 1.54) is 18.1 Å². The van der Waals surface area contributed by atoms with Gasteiger partial charge in [-0.1, -0.05) is 6.58 Å². The molecule has 0 spiro atoms. The number of nitrogens with zero attached hydrogens (tertiary/aromatic N) is 1. The quantitative estimate of drug-likeness (QED) is 0.719. The molecule has 2 atom stereocenters. The summed E-state index contributed by atoms with van der Waals surface area (Å²) in [5.74, 6) is -0.451. The number of allylic oxidation sites excluding steroid dienone is 1. The van der Waals surface area contributed by atoms with E-state index in [1.54, 1.807) is 20.8 Å². The van der Waals surface area contributed by atoms with E-state index >= 15 is 0 Å². The molecule has 1 aliphatic heterocycles. The summed E-state index contributed by atoms with van der Waals surface area (Å²) in [5.41, 5.74) is -0.541. The van der Waals surface area contributed by atoms with Crippen LogP contribution in [0.3, 0.4) is 0 Å². The van der Waals surface area contributed by atoms with Crippen molar-refractivity contribution in [1.29, 1.82) is 0 Å². The lowest BCUT2D eigenvalue weighted by molar-refractivity contribution is -0.120. The van der Waals surface area contributed by atoms with Crippen LogP contribution in [-0.4, -0.2) is 48.7 Å². The molecule has 0 aromatic rings. The van der Waals surface area contributed by atoms with Crippen molar-refractivity contribution in [2.75, 3.05) is 20.2 Å². The smallest absolute Gasteiger partial charge is 0.410 e. The molecule has 18 heavy (non-hydrogen) atoms. The van der Waals surface area contributed by atoms with Gasteiger partial charge in [0.05, 0.1) is 18.6 Å². The van der Waals surface area contributed by atoms with Gasteiger partial charge in [0.2, 0.25) is 0 Å². The van der Waals surface area contributed by atoms with Gasteiger partial charge in [0, 0.05) is 13.7 Å². The Labute approximate surface area is 108 Å². The average molecular weight is 255 g/mol. The van der Waals surface area contributed by atoms with Crippen molar-refractivity contribution in [3.8, 4) is 0 Å². The molecule has 1 saturated heterocycles. The van der Waals surface area contributed by atoms with Crippen molar-refractivity contribution in [3.05, 3.63) is 12.7 Å². The van der Waals surface area contributed by atoms with E-state index in [4.69, 9.17) is 9.47 Å². The van der Waals surface area contributed by atoms with Crippen LogP contribution in [0.15, 0.2) is 12.7 Å². The Morgan fingerprint density at radius 2 is 1.94 bits per heavy atom. The number of likely N-dealkylation sites (tertiary alicyclic amines) is 1. The van der Waals surface area contributed by atoms with Gasteiger partial charge < -0.3 is 14.4 Å². The maximum absolute atomic E-state index is 11.9. The minimum absolute atomic E-state index is 0.104. The van der Waals surface area contributed by atoms with Crippen molar-refractivity contribution in [2.24, 2.45) is 5.92 Å². The summed E-state index contributed by atoms with van der Waals surface area (Å²) in [6.45, 7) is 9.57. The molecule has 1 rings (SSSR count). The summed E-state index contributed by atoms with van der Waals surface area (Å²) in [7, 11) is 1.53. The topological polar surface area (TPSA) is 55.8 Å². The predicted octanol–water partition coefficient (Wildman–Crippen LogP) is 1.62. The molecule has 1 heterocycles. The minimum Gasteiger partial charge on any atom is -0.444 e. The number of ether oxygens (including phenoxy) is 2.